The zero-order chi connectivity index (χ0) is 15.7. The Morgan fingerprint density at radius 1 is 0.727 bits per heavy atom. The lowest BCUT2D eigenvalue weighted by atomic mass is 10.0. The number of nitrogens with zero attached hydrogens (tertiary/aromatic N) is 2. The summed E-state index contributed by atoms with van der Waals surface area (Å²) in [6.45, 7) is -0.0617. The van der Waals surface area contributed by atoms with E-state index < -0.39 is 29.7 Å². The van der Waals surface area contributed by atoms with Crippen LogP contribution in [0.1, 0.15) is 11.6 Å². The summed E-state index contributed by atoms with van der Waals surface area (Å²) in [4.78, 5) is 49.5. The van der Waals surface area contributed by atoms with Crippen molar-refractivity contribution < 1.29 is 19.2 Å². The standard InChI is InChI=1S/C16H12N2O4/c19-13-6-7-14(20)17(13)10-12(11-4-2-1-3-5-11)18-15(21)8-9-16(18)22/h1-9,12H,10H2. The van der Waals surface area contributed by atoms with Crippen molar-refractivity contribution in [1.82, 2.24) is 9.80 Å². The van der Waals surface area contributed by atoms with E-state index in [4.69, 9.17) is 0 Å². The summed E-state index contributed by atoms with van der Waals surface area (Å²) in [5.74, 6) is -1.80. The minimum absolute atomic E-state index is 0.0617. The predicted molar refractivity (Wildman–Crippen MR) is 76.0 cm³/mol. The molecule has 0 N–H and O–H groups in total. The Bertz CT molecular complexity index is 685. The highest BCUT2D eigenvalue weighted by atomic mass is 16.2. The van der Waals surface area contributed by atoms with Gasteiger partial charge < -0.3 is 0 Å². The van der Waals surface area contributed by atoms with Gasteiger partial charge in [-0.2, -0.15) is 0 Å². The lowest BCUT2D eigenvalue weighted by molar-refractivity contribution is -0.145. The molecular weight excluding hydrogens is 284 g/mol. The van der Waals surface area contributed by atoms with Crippen LogP contribution in [0.4, 0.5) is 0 Å². The summed E-state index contributed by atoms with van der Waals surface area (Å²) in [5.41, 5.74) is 0.681. The van der Waals surface area contributed by atoms with Gasteiger partial charge >= 0.3 is 0 Å². The summed E-state index contributed by atoms with van der Waals surface area (Å²) < 4.78 is 0. The average molecular weight is 296 g/mol. The molecular formula is C16H12N2O4. The molecule has 0 saturated carbocycles. The quantitative estimate of drug-likeness (QED) is 0.762. The van der Waals surface area contributed by atoms with Gasteiger partial charge in [0, 0.05) is 24.3 Å². The number of rotatable bonds is 4. The van der Waals surface area contributed by atoms with Gasteiger partial charge in [-0.25, -0.2) is 0 Å². The maximum absolute atomic E-state index is 12.0. The van der Waals surface area contributed by atoms with Gasteiger partial charge in [0.25, 0.3) is 23.6 Å². The van der Waals surface area contributed by atoms with Gasteiger partial charge in [0.05, 0.1) is 12.6 Å². The third-order valence-corrected chi connectivity index (χ3v) is 3.60. The predicted octanol–water partition coefficient (Wildman–Crippen LogP) is 0.578. The summed E-state index contributed by atoms with van der Waals surface area (Å²) >= 11 is 0. The highest BCUT2D eigenvalue weighted by Crippen LogP contribution is 2.26. The lowest BCUT2D eigenvalue weighted by Gasteiger charge is -2.29. The SMILES string of the molecule is O=C1C=CC(=O)N1CC(c1ccccc1)N1C(=O)C=CC1=O. The maximum Gasteiger partial charge on any atom is 0.254 e. The van der Waals surface area contributed by atoms with Gasteiger partial charge in [-0.05, 0) is 5.56 Å². The zero-order valence-electron chi connectivity index (χ0n) is 11.5. The molecule has 2 aliphatic heterocycles. The first kappa shape index (κ1) is 13.9. The van der Waals surface area contributed by atoms with Crippen molar-refractivity contribution in [2.75, 3.05) is 6.54 Å². The summed E-state index contributed by atoms with van der Waals surface area (Å²) in [6, 6.07) is 8.15. The molecule has 2 aliphatic rings. The van der Waals surface area contributed by atoms with Gasteiger partial charge in [0.2, 0.25) is 0 Å². The summed E-state index contributed by atoms with van der Waals surface area (Å²) in [6.07, 6.45) is 4.72. The first-order chi connectivity index (χ1) is 10.6. The molecule has 0 aliphatic carbocycles. The molecule has 1 unspecified atom stereocenters. The van der Waals surface area contributed by atoms with Crippen molar-refractivity contribution in [2.45, 2.75) is 6.04 Å². The molecule has 2 heterocycles. The Hall–Kier alpha value is -3.02. The third kappa shape index (κ3) is 2.35. The molecule has 0 saturated heterocycles. The van der Waals surface area contributed by atoms with Crippen molar-refractivity contribution >= 4 is 23.6 Å². The van der Waals surface area contributed by atoms with Crippen molar-refractivity contribution in [3.63, 3.8) is 0 Å². The highest BCUT2D eigenvalue weighted by molar-refractivity contribution is 6.14. The van der Waals surface area contributed by atoms with Gasteiger partial charge in [-0.15, -0.1) is 0 Å². The second-order valence-corrected chi connectivity index (χ2v) is 4.93. The van der Waals surface area contributed by atoms with Crippen molar-refractivity contribution in [1.29, 1.82) is 0 Å². The number of benzene rings is 1. The van der Waals surface area contributed by atoms with Crippen LogP contribution >= 0.6 is 0 Å². The molecule has 0 spiro atoms. The molecule has 0 aromatic heterocycles. The van der Waals surface area contributed by atoms with Crippen molar-refractivity contribution in [2.24, 2.45) is 0 Å². The normalized spacial score (nSPS) is 18.7. The van der Waals surface area contributed by atoms with Gasteiger partial charge in [-0.1, -0.05) is 30.3 Å². The van der Waals surface area contributed by atoms with E-state index in [1.807, 2.05) is 0 Å². The fourth-order valence-corrected chi connectivity index (χ4v) is 2.51. The molecule has 4 amide bonds. The molecule has 110 valence electrons. The van der Waals surface area contributed by atoms with Crippen molar-refractivity contribution in [3.8, 4) is 0 Å². The molecule has 1 aromatic rings. The minimum Gasteiger partial charge on any atom is -0.273 e. The van der Waals surface area contributed by atoms with E-state index in [2.05, 4.69) is 0 Å². The highest BCUT2D eigenvalue weighted by Gasteiger charge is 2.36. The largest absolute Gasteiger partial charge is 0.273 e. The Labute approximate surface area is 126 Å². The molecule has 0 bridgehead atoms. The second kappa shape index (κ2) is 5.40. The fourth-order valence-electron chi connectivity index (χ4n) is 2.51. The number of carbonyl (C=O) groups excluding carboxylic acids is 4. The molecule has 0 radical (unpaired) electrons. The van der Waals surface area contributed by atoms with E-state index in [0.717, 1.165) is 9.80 Å². The smallest absolute Gasteiger partial charge is 0.254 e. The zero-order valence-corrected chi connectivity index (χ0v) is 11.5. The molecule has 0 fully saturated rings. The van der Waals surface area contributed by atoms with E-state index >= 15 is 0 Å². The summed E-state index contributed by atoms with van der Waals surface area (Å²) in [5, 5.41) is 0. The summed E-state index contributed by atoms with van der Waals surface area (Å²) in [7, 11) is 0. The average Bonchev–Trinajstić information content (AvgIpc) is 3.01. The Morgan fingerprint density at radius 3 is 1.77 bits per heavy atom. The molecule has 1 atom stereocenters. The van der Waals surface area contributed by atoms with E-state index in [1.54, 1.807) is 30.3 Å². The van der Waals surface area contributed by atoms with Crippen LogP contribution in [0.25, 0.3) is 0 Å². The number of amides is 4. The Morgan fingerprint density at radius 2 is 1.23 bits per heavy atom. The first-order valence-corrected chi connectivity index (χ1v) is 6.71. The van der Waals surface area contributed by atoms with Crippen LogP contribution in [0, 0.1) is 0 Å². The van der Waals surface area contributed by atoms with Gasteiger partial charge in [0.15, 0.2) is 0 Å². The molecule has 3 rings (SSSR count). The van der Waals surface area contributed by atoms with E-state index in [9.17, 15) is 19.2 Å². The Kier molecular flexibility index (Phi) is 3.42. The number of hydrogen-bond donors (Lipinski definition) is 0. The molecule has 6 nitrogen and oxygen atoms in total. The second-order valence-electron chi connectivity index (χ2n) is 4.93. The van der Waals surface area contributed by atoms with E-state index in [-0.39, 0.29) is 6.54 Å². The van der Waals surface area contributed by atoms with Crippen LogP contribution in [-0.4, -0.2) is 40.0 Å². The molecule has 6 heteroatoms. The van der Waals surface area contributed by atoms with Crippen LogP contribution in [-0.2, 0) is 19.2 Å². The van der Waals surface area contributed by atoms with Crippen LogP contribution in [0.5, 0.6) is 0 Å². The fraction of sp³-hybridized carbons (Fsp3) is 0.125. The van der Waals surface area contributed by atoms with Gasteiger partial charge in [0.1, 0.15) is 0 Å². The monoisotopic (exact) mass is 296 g/mol. The number of imide groups is 2. The number of carbonyl (C=O) groups is 4. The van der Waals surface area contributed by atoms with Crippen LogP contribution in [0.2, 0.25) is 0 Å². The maximum atomic E-state index is 12.0. The topological polar surface area (TPSA) is 74.8 Å². The van der Waals surface area contributed by atoms with Gasteiger partial charge in [-0.3, -0.25) is 29.0 Å². The van der Waals surface area contributed by atoms with Crippen LogP contribution in [0.3, 0.4) is 0 Å². The lowest BCUT2D eigenvalue weighted by Crippen LogP contribution is -2.43. The van der Waals surface area contributed by atoms with E-state index in [0.29, 0.717) is 5.56 Å². The van der Waals surface area contributed by atoms with E-state index in [1.165, 1.54) is 24.3 Å². The van der Waals surface area contributed by atoms with Crippen LogP contribution in [0.15, 0.2) is 54.6 Å². The van der Waals surface area contributed by atoms with Crippen molar-refractivity contribution in [3.05, 3.63) is 60.2 Å². The third-order valence-electron chi connectivity index (χ3n) is 3.60. The minimum atomic E-state index is -0.705. The molecule has 1 aromatic carbocycles. The number of hydrogen-bond acceptors (Lipinski definition) is 4. The first-order valence-electron chi connectivity index (χ1n) is 6.71. The Balaban J connectivity index is 1.94. The molecule has 22 heavy (non-hydrogen) atoms. The van der Waals surface area contributed by atoms with Crippen LogP contribution < -0.4 is 0 Å².